The van der Waals surface area contributed by atoms with Gasteiger partial charge in [-0.2, -0.15) is 0 Å². The quantitative estimate of drug-likeness (QED) is 0.180. The van der Waals surface area contributed by atoms with Gasteiger partial charge >= 0.3 is 11.7 Å². The number of fused-ring (bicyclic) bond motifs is 1. The summed E-state index contributed by atoms with van der Waals surface area (Å²) in [6.45, 7) is 0.457. The van der Waals surface area contributed by atoms with Crippen LogP contribution in [0.3, 0.4) is 0 Å². The van der Waals surface area contributed by atoms with Gasteiger partial charge in [0.05, 0.1) is 13.2 Å². The Balaban J connectivity index is 1.56. The molecule has 4 rings (SSSR count). The number of hydrogen-bond donors (Lipinski definition) is 4. The van der Waals surface area contributed by atoms with Gasteiger partial charge in [-0.15, -0.1) is 0 Å². The first-order chi connectivity index (χ1) is 20.2. The third-order valence-corrected chi connectivity index (χ3v) is 6.59. The van der Waals surface area contributed by atoms with Gasteiger partial charge in [0, 0.05) is 44.1 Å². The fourth-order valence-electron chi connectivity index (χ4n) is 4.58. The number of aromatic amines is 2. The summed E-state index contributed by atoms with van der Waals surface area (Å²) < 4.78 is 11.6. The summed E-state index contributed by atoms with van der Waals surface area (Å²) in [7, 11) is 1.41. The van der Waals surface area contributed by atoms with Crippen LogP contribution >= 0.6 is 0 Å². The van der Waals surface area contributed by atoms with Gasteiger partial charge in [0.25, 0.3) is 11.5 Å². The zero-order valence-electron chi connectivity index (χ0n) is 23.2. The van der Waals surface area contributed by atoms with Gasteiger partial charge in [0.2, 0.25) is 5.91 Å². The molecule has 0 aliphatic rings. The van der Waals surface area contributed by atoms with Crippen LogP contribution in [-0.2, 0) is 36.8 Å². The highest BCUT2D eigenvalue weighted by atomic mass is 16.5. The first-order valence-corrected chi connectivity index (χ1v) is 13.1. The highest BCUT2D eigenvalue weighted by molar-refractivity contribution is 5.97. The highest BCUT2D eigenvalue weighted by Gasteiger charge is 2.28. The molecule has 0 saturated heterocycles. The van der Waals surface area contributed by atoms with E-state index in [0.717, 1.165) is 31.5 Å². The number of rotatable bonds is 12. The molecular weight excluding hydrogens is 544 g/mol. The van der Waals surface area contributed by atoms with Crippen molar-refractivity contribution in [1.29, 1.82) is 0 Å². The van der Waals surface area contributed by atoms with Crippen molar-refractivity contribution in [2.24, 2.45) is 0 Å². The number of esters is 1. The molecule has 0 aliphatic heterocycles. The Morgan fingerprint density at radius 3 is 2.50 bits per heavy atom. The van der Waals surface area contributed by atoms with Crippen LogP contribution < -0.4 is 27.2 Å². The van der Waals surface area contributed by atoms with Gasteiger partial charge in [0.1, 0.15) is 11.9 Å². The van der Waals surface area contributed by atoms with E-state index >= 15 is 0 Å². The Hall–Kier alpha value is -5.17. The molecule has 0 saturated carbocycles. The van der Waals surface area contributed by atoms with Crippen molar-refractivity contribution in [2.45, 2.75) is 25.9 Å². The molecule has 0 unspecified atom stereocenters. The summed E-state index contributed by atoms with van der Waals surface area (Å²) in [5.74, 6) is -2.31. The number of anilines is 2. The van der Waals surface area contributed by atoms with Crippen LogP contribution in [0.25, 0.3) is 10.9 Å². The second-order valence-corrected chi connectivity index (χ2v) is 9.53. The number of ether oxygens (including phenoxy) is 2. The monoisotopic (exact) mass is 576 g/mol. The highest BCUT2D eigenvalue weighted by Crippen LogP contribution is 2.20. The van der Waals surface area contributed by atoms with Gasteiger partial charge in [-0.25, -0.2) is 9.59 Å². The van der Waals surface area contributed by atoms with Crippen LogP contribution in [0.1, 0.15) is 18.1 Å². The molecule has 13 nitrogen and oxygen atoms in total. The molecule has 0 spiro atoms. The molecule has 4 aromatic rings. The molecule has 0 radical (unpaired) electrons. The van der Waals surface area contributed by atoms with Crippen molar-refractivity contribution in [3.05, 3.63) is 92.8 Å². The Bertz CT molecular complexity index is 1690. The van der Waals surface area contributed by atoms with Crippen LogP contribution in [-0.4, -0.2) is 65.2 Å². The van der Waals surface area contributed by atoms with Crippen molar-refractivity contribution in [2.75, 3.05) is 37.5 Å². The van der Waals surface area contributed by atoms with E-state index < -0.39 is 41.7 Å². The van der Waals surface area contributed by atoms with Gasteiger partial charge < -0.3 is 25.5 Å². The summed E-state index contributed by atoms with van der Waals surface area (Å²) in [6, 6.07) is 15.4. The lowest BCUT2D eigenvalue weighted by atomic mass is 10.0. The number of nitrogens with one attached hydrogen (secondary N) is 3. The third-order valence-electron chi connectivity index (χ3n) is 6.59. The molecule has 0 fully saturated rings. The molecule has 13 heteroatoms. The lowest BCUT2D eigenvalue weighted by Crippen LogP contribution is -2.46. The number of aromatic nitrogens is 3. The molecule has 0 bridgehead atoms. The van der Waals surface area contributed by atoms with Gasteiger partial charge in [-0.05, 0) is 17.2 Å². The number of benzene rings is 2. The van der Waals surface area contributed by atoms with E-state index in [9.17, 15) is 24.0 Å². The number of amides is 2. The first kappa shape index (κ1) is 29.8. The molecule has 2 heterocycles. The van der Waals surface area contributed by atoms with Crippen molar-refractivity contribution >= 4 is 40.2 Å². The molecule has 220 valence electrons. The number of H-pyrrole nitrogens is 2. The average molecular weight is 577 g/mol. The number of nitrogen functional groups attached to an aromatic ring is 1. The van der Waals surface area contributed by atoms with E-state index in [1.54, 1.807) is 30.5 Å². The Morgan fingerprint density at radius 1 is 1.07 bits per heavy atom. The van der Waals surface area contributed by atoms with E-state index in [-0.39, 0.29) is 37.6 Å². The summed E-state index contributed by atoms with van der Waals surface area (Å²) in [6.07, 6.45) is 1.85. The van der Waals surface area contributed by atoms with Gasteiger partial charge in [-0.3, -0.25) is 28.8 Å². The third kappa shape index (κ3) is 6.93. The number of methoxy groups -OCH3 is 1. The second kappa shape index (κ2) is 13.5. The number of carbonyl (C=O) groups is 3. The van der Waals surface area contributed by atoms with Crippen LogP contribution in [0, 0.1) is 0 Å². The van der Waals surface area contributed by atoms with E-state index in [1.807, 2.05) is 30.3 Å². The molecule has 2 amide bonds. The summed E-state index contributed by atoms with van der Waals surface area (Å²) >= 11 is 0. The number of nitrogens with zero attached hydrogens (tertiary/aromatic N) is 2. The Morgan fingerprint density at radius 2 is 1.79 bits per heavy atom. The predicted molar refractivity (Wildman–Crippen MR) is 156 cm³/mol. The smallest absolute Gasteiger partial charge is 0.330 e. The van der Waals surface area contributed by atoms with Crippen LogP contribution in [0.15, 0.2) is 70.4 Å². The molecule has 42 heavy (non-hydrogen) atoms. The van der Waals surface area contributed by atoms with E-state index in [1.165, 1.54) is 14.0 Å². The van der Waals surface area contributed by atoms with E-state index in [2.05, 4.69) is 15.3 Å². The number of hydrogen-bond acceptors (Lipinski definition) is 8. The number of nitrogens with two attached hydrogens (primary N) is 1. The molecule has 5 N–H and O–H groups in total. The van der Waals surface area contributed by atoms with Crippen molar-refractivity contribution in [3.63, 3.8) is 0 Å². The molecular formula is C29H32N6O7. The lowest BCUT2D eigenvalue weighted by Gasteiger charge is -2.24. The lowest BCUT2D eigenvalue weighted by molar-refractivity contribution is -0.151. The minimum absolute atomic E-state index is 0.0193. The zero-order chi connectivity index (χ0) is 30.2. The summed E-state index contributed by atoms with van der Waals surface area (Å²) in [4.78, 5) is 70.1. The Labute approximate surface area is 240 Å². The molecule has 2 aromatic heterocycles. The standard InChI is InChI=1S/C29H32N6O7/c1-18(36)32-23(14-20-15-31-22-11-7-6-10-21(20)22)28(39)42-17-24(37)34(12-13-41-2)25-26(30)35(29(40)33-27(25)38)16-19-8-4-3-5-9-19/h3-11,15,23,31H,12-14,16-17,30H2,1-2H3,(H,32,36)(H,33,38,40)/t23-/m1/s1. The van der Waals surface area contributed by atoms with Gasteiger partial charge in [-0.1, -0.05) is 48.5 Å². The van der Waals surface area contributed by atoms with Crippen molar-refractivity contribution < 1.29 is 23.9 Å². The average Bonchev–Trinajstić information content (AvgIpc) is 3.38. The van der Waals surface area contributed by atoms with Crippen LogP contribution in [0.4, 0.5) is 11.5 Å². The maximum Gasteiger partial charge on any atom is 0.330 e. The fourth-order valence-corrected chi connectivity index (χ4v) is 4.58. The normalized spacial score (nSPS) is 11.7. The van der Waals surface area contributed by atoms with Gasteiger partial charge in [0.15, 0.2) is 12.3 Å². The number of carbonyl (C=O) groups excluding carboxylic acids is 3. The second-order valence-electron chi connectivity index (χ2n) is 9.53. The van der Waals surface area contributed by atoms with Crippen molar-refractivity contribution in [3.8, 4) is 0 Å². The molecule has 0 aliphatic carbocycles. The minimum atomic E-state index is -1.08. The fraction of sp³-hybridized carbons (Fsp3) is 0.276. The summed E-state index contributed by atoms with van der Waals surface area (Å²) in [5.41, 5.74) is 6.75. The topological polar surface area (TPSA) is 182 Å². The molecule has 2 aromatic carbocycles. The largest absolute Gasteiger partial charge is 0.454 e. The minimum Gasteiger partial charge on any atom is -0.454 e. The molecule has 1 atom stereocenters. The predicted octanol–water partition coefficient (Wildman–Crippen LogP) is 0.918. The number of para-hydroxylation sites is 1. The maximum absolute atomic E-state index is 13.4. The van der Waals surface area contributed by atoms with Crippen LogP contribution in [0.2, 0.25) is 0 Å². The van der Waals surface area contributed by atoms with E-state index in [0.29, 0.717) is 0 Å². The van der Waals surface area contributed by atoms with Crippen LogP contribution in [0.5, 0.6) is 0 Å². The zero-order valence-corrected chi connectivity index (χ0v) is 23.2. The SMILES string of the molecule is COCCN(C(=O)COC(=O)[C@@H](Cc1c[nH]c2ccccc12)NC(C)=O)c1c(N)n(Cc2ccccc2)c(=O)[nH]c1=O. The van der Waals surface area contributed by atoms with E-state index in [4.69, 9.17) is 15.2 Å². The summed E-state index contributed by atoms with van der Waals surface area (Å²) in [5, 5.41) is 3.45. The maximum atomic E-state index is 13.4. The van der Waals surface area contributed by atoms with Crippen molar-refractivity contribution in [1.82, 2.24) is 19.9 Å². The first-order valence-electron chi connectivity index (χ1n) is 13.1. The Kier molecular flexibility index (Phi) is 9.55.